The van der Waals surface area contributed by atoms with Crippen LogP contribution in [0.1, 0.15) is 24.5 Å². The molecule has 0 aliphatic carbocycles. The van der Waals surface area contributed by atoms with Crippen LogP contribution in [-0.2, 0) is 9.53 Å². The predicted molar refractivity (Wildman–Crippen MR) is 64.3 cm³/mol. The van der Waals surface area contributed by atoms with E-state index >= 15 is 0 Å². The minimum atomic E-state index is -1.04. The molecular formula is C11H12ClNO5. The lowest BCUT2D eigenvalue weighted by atomic mass is 10.0. The van der Waals surface area contributed by atoms with Gasteiger partial charge in [-0.2, -0.15) is 0 Å². The van der Waals surface area contributed by atoms with E-state index in [1.54, 1.807) is 0 Å². The van der Waals surface area contributed by atoms with E-state index in [9.17, 15) is 20.0 Å². The summed E-state index contributed by atoms with van der Waals surface area (Å²) in [6.07, 6.45) is -0.943. The molecule has 0 spiro atoms. The fourth-order valence-corrected chi connectivity index (χ4v) is 1.66. The molecule has 1 N–H and O–H groups in total. The number of rotatable bonds is 5. The number of esters is 1. The number of halogens is 1. The maximum Gasteiger partial charge on any atom is 0.305 e. The van der Waals surface area contributed by atoms with E-state index < -0.39 is 17.0 Å². The molecule has 6 nitrogen and oxygen atoms in total. The highest BCUT2D eigenvalue weighted by Crippen LogP contribution is 2.29. The predicted octanol–water partition coefficient (Wildman–Crippen LogP) is 2.23. The average Bonchev–Trinajstić information content (AvgIpc) is 2.35. The van der Waals surface area contributed by atoms with Crippen LogP contribution in [0.4, 0.5) is 5.69 Å². The summed E-state index contributed by atoms with van der Waals surface area (Å²) in [4.78, 5) is 21.0. The first-order chi connectivity index (χ1) is 8.45. The van der Waals surface area contributed by atoms with E-state index in [1.165, 1.54) is 25.3 Å². The minimum Gasteiger partial charge on any atom is -0.469 e. The van der Waals surface area contributed by atoms with Crippen LogP contribution in [0.3, 0.4) is 0 Å². The van der Waals surface area contributed by atoms with Crippen molar-refractivity contribution in [1.82, 2.24) is 0 Å². The first-order valence-electron chi connectivity index (χ1n) is 5.14. The monoisotopic (exact) mass is 273 g/mol. The third-order valence-corrected chi connectivity index (χ3v) is 2.74. The van der Waals surface area contributed by atoms with Crippen molar-refractivity contribution in [2.45, 2.75) is 18.9 Å². The number of aliphatic hydroxyl groups is 1. The van der Waals surface area contributed by atoms with E-state index in [1.807, 2.05) is 0 Å². The van der Waals surface area contributed by atoms with Gasteiger partial charge in [0.1, 0.15) is 0 Å². The van der Waals surface area contributed by atoms with Crippen LogP contribution < -0.4 is 0 Å². The highest BCUT2D eigenvalue weighted by Gasteiger charge is 2.17. The van der Waals surface area contributed by atoms with Crippen molar-refractivity contribution in [1.29, 1.82) is 0 Å². The summed E-state index contributed by atoms with van der Waals surface area (Å²) >= 11 is 5.85. The number of methoxy groups -OCH3 is 1. The Balaban J connectivity index is 2.84. The molecule has 0 saturated carbocycles. The highest BCUT2D eigenvalue weighted by molar-refractivity contribution is 6.31. The second-order valence-electron chi connectivity index (χ2n) is 3.59. The minimum absolute atomic E-state index is 0.0106. The Morgan fingerprint density at radius 3 is 2.83 bits per heavy atom. The van der Waals surface area contributed by atoms with Crippen molar-refractivity contribution in [3.63, 3.8) is 0 Å². The second kappa shape index (κ2) is 6.32. The number of carbonyl (C=O) groups excluding carboxylic acids is 1. The lowest BCUT2D eigenvalue weighted by Crippen LogP contribution is -2.05. The lowest BCUT2D eigenvalue weighted by molar-refractivity contribution is -0.385. The number of aliphatic hydroxyl groups excluding tert-OH is 1. The van der Waals surface area contributed by atoms with Gasteiger partial charge in [0.15, 0.2) is 0 Å². The topological polar surface area (TPSA) is 89.7 Å². The van der Waals surface area contributed by atoms with Gasteiger partial charge in [-0.15, -0.1) is 0 Å². The number of ether oxygens (including phenoxy) is 1. The van der Waals surface area contributed by atoms with Gasteiger partial charge in [0.25, 0.3) is 5.69 Å². The van der Waals surface area contributed by atoms with E-state index in [0.29, 0.717) is 0 Å². The van der Waals surface area contributed by atoms with Crippen LogP contribution in [0, 0.1) is 10.1 Å². The number of hydrogen-bond donors (Lipinski definition) is 1. The Morgan fingerprint density at radius 2 is 2.28 bits per heavy atom. The van der Waals surface area contributed by atoms with Crippen molar-refractivity contribution < 1.29 is 19.6 Å². The fourth-order valence-electron chi connectivity index (χ4n) is 1.41. The van der Waals surface area contributed by atoms with Crippen LogP contribution in [-0.4, -0.2) is 23.1 Å². The fraction of sp³-hybridized carbons (Fsp3) is 0.364. The van der Waals surface area contributed by atoms with E-state index in [4.69, 9.17) is 11.6 Å². The van der Waals surface area contributed by atoms with E-state index in [2.05, 4.69) is 4.74 Å². The van der Waals surface area contributed by atoms with Gasteiger partial charge in [-0.25, -0.2) is 0 Å². The molecule has 0 amide bonds. The molecule has 1 aromatic rings. The molecule has 1 rings (SSSR count). The van der Waals surface area contributed by atoms with Crippen molar-refractivity contribution in [2.24, 2.45) is 0 Å². The van der Waals surface area contributed by atoms with Crippen LogP contribution in [0.25, 0.3) is 0 Å². The Kier molecular flexibility index (Phi) is 5.06. The summed E-state index contributed by atoms with van der Waals surface area (Å²) in [5, 5.41) is 20.7. The Labute approximate surface area is 108 Å². The maximum atomic E-state index is 10.9. The standard InChI is InChI=1S/C11H12ClNO5/c1-18-11(15)5-4-10(14)8-6-7(13(16)17)2-3-9(8)12/h2-3,6,10,14H,4-5H2,1H3. The van der Waals surface area contributed by atoms with Gasteiger partial charge in [0, 0.05) is 29.1 Å². The van der Waals surface area contributed by atoms with Crippen LogP contribution in [0.5, 0.6) is 0 Å². The van der Waals surface area contributed by atoms with Crippen molar-refractivity contribution >= 4 is 23.3 Å². The summed E-state index contributed by atoms with van der Waals surface area (Å²) in [6.45, 7) is 0. The molecule has 0 fully saturated rings. The molecular weight excluding hydrogens is 262 g/mol. The zero-order valence-corrected chi connectivity index (χ0v) is 10.4. The molecule has 0 aliphatic heterocycles. The van der Waals surface area contributed by atoms with Crippen molar-refractivity contribution in [3.05, 3.63) is 38.9 Å². The maximum absolute atomic E-state index is 10.9. The molecule has 0 aliphatic rings. The molecule has 0 radical (unpaired) electrons. The normalized spacial score (nSPS) is 11.9. The molecule has 1 unspecified atom stereocenters. The van der Waals surface area contributed by atoms with Gasteiger partial charge >= 0.3 is 5.97 Å². The highest BCUT2D eigenvalue weighted by atomic mass is 35.5. The number of hydrogen-bond acceptors (Lipinski definition) is 5. The number of benzene rings is 1. The summed E-state index contributed by atoms with van der Waals surface area (Å²) in [5.41, 5.74) is 0.0706. The third kappa shape index (κ3) is 3.68. The number of nitrogens with zero attached hydrogens (tertiary/aromatic N) is 1. The number of nitro groups is 1. The molecule has 1 atom stereocenters. The summed E-state index contributed by atoms with van der Waals surface area (Å²) in [7, 11) is 1.25. The molecule has 0 aromatic heterocycles. The molecule has 1 aromatic carbocycles. The molecule has 7 heteroatoms. The quantitative estimate of drug-likeness (QED) is 0.505. The Morgan fingerprint density at radius 1 is 1.61 bits per heavy atom. The Bertz CT molecular complexity index is 463. The van der Waals surface area contributed by atoms with Gasteiger partial charge in [-0.3, -0.25) is 14.9 Å². The molecule has 0 bridgehead atoms. The summed E-state index contributed by atoms with van der Waals surface area (Å²) in [6, 6.07) is 3.79. The lowest BCUT2D eigenvalue weighted by Gasteiger charge is -2.11. The van der Waals surface area contributed by atoms with Crippen molar-refractivity contribution in [2.75, 3.05) is 7.11 Å². The molecule has 98 valence electrons. The van der Waals surface area contributed by atoms with E-state index in [0.717, 1.165) is 0 Å². The number of nitro benzene ring substituents is 1. The first kappa shape index (κ1) is 14.4. The van der Waals surface area contributed by atoms with E-state index in [-0.39, 0.29) is 29.1 Å². The largest absolute Gasteiger partial charge is 0.469 e. The van der Waals surface area contributed by atoms with Crippen LogP contribution in [0.15, 0.2) is 18.2 Å². The van der Waals surface area contributed by atoms with Gasteiger partial charge in [-0.05, 0) is 12.5 Å². The zero-order chi connectivity index (χ0) is 13.7. The van der Waals surface area contributed by atoms with Crippen LogP contribution in [0.2, 0.25) is 5.02 Å². The van der Waals surface area contributed by atoms with Crippen molar-refractivity contribution in [3.8, 4) is 0 Å². The first-order valence-corrected chi connectivity index (χ1v) is 5.52. The molecule has 18 heavy (non-hydrogen) atoms. The zero-order valence-electron chi connectivity index (χ0n) is 9.63. The van der Waals surface area contributed by atoms with Gasteiger partial charge in [-0.1, -0.05) is 11.6 Å². The van der Waals surface area contributed by atoms with Gasteiger partial charge in [0.05, 0.1) is 18.1 Å². The summed E-state index contributed by atoms with van der Waals surface area (Å²) in [5.74, 6) is -0.462. The molecule has 0 heterocycles. The number of carbonyl (C=O) groups is 1. The van der Waals surface area contributed by atoms with Gasteiger partial charge in [0.2, 0.25) is 0 Å². The number of non-ortho nitro benzene ring substituents is 1. The third-order valence-electron chi connectivity index (χ3n) is 2.40. The second-order valence-corrected chi connectivity index (χ2v) is 4.00. The van der Waals surface area contributed by atoms with Gasteiger partial charge < -0.3 is 9.84 Å². The summed E-state index contributed by atoms with van der Waals surface area (Å²) < 4.78 is 4.44. The molecule has 0 saturated heterocycles. The average molecular weight is 274 g/mol. The van der Waals surface area contributed by atoms with Crippen LogP contribution >= 0.6 is 11.6 Å². The smallest absolute Gasteiger partial charge is 0.305 e. The Hall–Kier alpha value is -1.66. The SMILES string of the molecule is COC(=O)CCC(O)c1cc([N+](=O)[O-])ccc1Cl.